The van der Waals surface area contributed by atoms with Crippen molar-refractivity contribution in [1.29, 1.82) is 0 Å². The molecule has 1 aliphatic heterocycles. The molecule has 2 N–H and O–H groups in total. The lowest BCUT2D eigenvalue weighted by molar-refractivity contribution is -0.118. The fraction of sp³-hybridized carbons (Fsp3) is 0.333. The minimum atomic E-state index is -0.0716. The first-order chi connectivity index (χ1) is 9.83. The van der Waals surface area contributed by atoms with E-state index in [1.54, 1.807) is 6.20 Å². The Kier molecular flexibility index (Phi) is 5.36. The molecule has 1 atom stereocenters. The molecule has 0 aliphatic carbocycles. The van der Waals surface area contributed by atoms with E-state index in [9.17, 15) is 4.79 Å². The summed E-state index contributed by atoms with van der Waals surface area (Å²) in [7, 11) is 0. The first-order valence-corrected chi connectivity index (χ1v) is 6.86. The number of benzene rings is 1. The van der Waals surface area contributed by atoms with Gasteiger partial charge in [0.15, 0.2) is 12.2 Å². The second-order valence-corrected chi connectivity index (χ2v) is 4.93. The van der Waals surface area contributed by atoms with Gasteiger partial charge in [0.25, 0.3) is 0 Å². The molecule has 6 heteroatoms. The molecule has 1 aromatic heterocycles. The van der Waals surface area contributed by atoms with Crippen LogP contribution in [0.3, 0.4) is 0 Å². The summed E-state index contributed by atoms with van der Waals surface area (Å²) in [6.07, 6.45) is 6.23. The number of carbonyl (C=O) groups is 1. The number of carbonyl (C=O) groups excluding carboxylic acids is 1. The number of hydrogen-bond donors (Lipinski definition) is 2. The molecule has 1 aromatic carbocycles. The van der Waals surface area contributed by atoms with Crippen molar-refractivity contribution in [3.8, 4) is 11.3 Å². The maximum absolute atomic E-state index is 12.1. The van der Waals surface area contributed by atoms with E-state index in [1.165, 1.54) is 6.39 Å². The first-order valence-electron chi connectivity index (χ1n) is 6.86. The number of hydrogen-bond acceptors (Lipinski definition) is 4. The summed E-state index contributed by atoms with van der Waals surface area (Å²) in [5.41, 5.74) is 1.74. The standard InChI is InChI=1S/C15H17N3O2.ClH/c19-15(13-3-1-2-8-17-13)18-12-6-4-11(5-7-12)14-9-16-10-20-14;/h4-7,9-10,13,17H,1-3,8H2,(H,18,19);1H/t13-;/m0./s1. The first kappa shape index (κ1) is 15.5. The molecule has 21 heavy (non-hydrogen) atoms. The van der Waals surface area contributed by atoms with E-state index in [-0.39, 0.29) is 24.4 Å². The van der Waals surface area contributed by atoms with E-state index in [4.69, 9.17) is 4.42 Å². The van der Waals surface area contributed by atoms with Gasteiger partial charge in [0.2, 0.25) is 5.91 Å². The fourth-order valence-corrected chi connectivity index (χ4v) is 2.38. The van der Waals surface area contributed by atoms with Crippen LogP contribution in [0.15, 0.2) is 41.3 Å². The van der Waals surface area contributed by atoms with Crippen molar-refractivity contribution < 1.29 is 9.21 Å². The summed E-state index contributed by atoms with van der Waals surface area (Å²) in [5.74, 6) is 0.758. The molecule has 112 valence electrons. The molecule has 0 spiro atoms. The van der Waals surface area contributed by atoms with Crippen molar-refractivity contribution in [3.63, 3.8) is 0 Å². The average Bonchev–Trinajstić information content (AvgIpc) is 3.03. The highest BCUT2D eigenvalue weighted by Gasteiger charge is 2.20. The summed E-state index contributed by atoms with van der Waals surface area (Å²) in [6.45, 7) is 0.919. The Morgan fingerprint density at radius 3 is 2.71 bits per heavy atom. The molecule has 1 amide bonds. The Balaban J connectivity index is 0.00000161. The third kappa shape index (κ3) is 3.83. The van der Waals surface area contributed by atoms with Crippen molar-refractivity contribution in [2.45, 2.75) is 25.3 Å². The summed E-state index contributed by atoms with van der Waals surface area (Å²) >= 11 is 0. The number of nitrogens with zero attached hydrogens (tertiary/aromatic N) is 1. The normalized spacial score (nSPS) is 17.8. The van der Waals surface area contributed by atoms with Gasteiger partial charge in [-0.2, -0.15) is 0 Å². The molecule has 5 nitrogen and oxygen atoms in total. The average molecular weight is 308 g/mol. The maximum atomic E-state index is 12.1. The van der Waals surface area contributed by atoms with Crippen LogP contribution in [0, 0.1) is 0 Å². The number of oxazole rings is 1. The Morgan fingerprint density at radius 1 is 1.29 bits per heavy atom. The SMILES string of the molecule is Cl.O=C(Nc1ccc(-c2cnco2)cc1)[C@@H]1CCCCN1. The molecular formula is C15H18ClN3O2. The molecule has 2 aromatic rings. The number of amides is 1. The Hall–Kier alpha value is -1.85. The summed E-state index contributed by atoms with van der Waals surface area (Å²) < 4.78 is 5.23. The molecule has 3 rings (SSSR count). The van der Waals surface area contributed by atoms with Gasteiger partial charge in [-0.3, -0.25) is 4.79 Å². The Bertz CT molecular complexity index is 563. The highest BCUT2D eigenvalue weighted by molar-refractivity contribution is 5.95. The van der Waals surface area contributed by atoms with Gasteiger partial charge < -0.3 is 15.1 Å². The summed E-state index contributed by atoms with van der Waals surface area (Å²) in [6, 6.07) is 7.49. The van der Waals surface area contributed by atoms with Crippen LogP contribution in [-0.4, -0.2) is 23.5 Å². The third-order valence-electron chi connectivity index (χ3n) is 3.50. The largest absolute Gasteiger partial charge is 0.444 e. The van der Waals surface area contributed by atoms with Crippen LogP contribution in [-0.2, 0) is 4.79 Å². The van der Waals surface area contributed by atoms with Crippen molar-refractivity contribution in [1.82, 2.24) is 10.3 Å². The summed E-state index contributed by atoms with van der Waals surface area (Å²) in [4.78, 5) is 16.0. The van der Waals surface area contributed by atoms with Gasteiger partial charge in [0, 0.05) is 11.3 Å². The minimum absolute atomic E-state index is 0. The van der Waals surface area contributed by atoms with E-state index in [0.717, 1.165) is 42.8 Å². The molecular weight excluding hydrogens is 290 g/mol. The van der Waals surface area contributed by atoms with Gasteiger partial charge in [-0.05, 0) is 43.7 Å². The van der Waals surface area contributed by atoms with Crippen molar-refractivity contribution in [3.05, 3.63) is 36.9 Å². The Morgan fingerprint density at radius 2 is 2.10 bits per heavy atom. The highest BCUT2D eigenvalue weighted by Crippen LogP contribution is 2.21. The van der Waals surface area contributed by atoms with Crippen molar-refractivity contribution in [2.24, 2.45) is 0 Å². The van der Waals surface area contributed by atoms with E-state index in [0.29, 0.717) is 0 Å². The van der Waals surface area contributed by atoms with Crippen LogP contribution in [0.2, 0.25) is 0 Å². The fourth-order valence-electron chi connectivity index (χ4n) is 2.38. The number of anilines is 1. The van der Waals surface area contributed by atoms with Crippen molar-refractivity contribution in [2.75, 3.05) is 11.9 Å². The number of halogens is 1. The van der Waals surface area contributed by atoms with Crippen LogP contribution < -0.4 is 10.6 Å². The summed E-state index contributed by atoms with van der Waals surface area (Å²) in [5, 5.41) is 6.17. The van der Waals surface area contributed by atoms with Crippen LogP contribution in [0.5, 0.6) is 0 Å². The Labute approximate surface area is 129 Å². The van der Waals surface area contributed by atoms with E-state index in [2.05, 4.69) is 15.6 Å². The molecule has 1 saturated heterocycles. The van der Waals surface area contributed by atoms with Gasteiger partial charge in [0.1, 0.15) is 0 Å². The molecule has 1 aliphatic rings. The predicted molar refractivity (Wildman–Crippen MR) is 83.5 cm³/mol. The second-order valence-electron chi connectivity index (χ2n) is 4.93. The van der Waals surface area contributed by atoms with Gasteiger partial charge >= 0.3 is 0 Å². The zero-order chi connectivity index (χ0) is 13.8. The lowest BCUT2D eigenvalue weighted by Crippen LogP contribution is -2.43. The van der Waals surface area contributed by atoms with Crippen LogP contribution in [0.1, 0.15) is 19.3 Å². The lowest BCUT2D eigenvalue weighted by atomic mass is 10.0. The van der Waals surface area contributed by atoms with Crippen LogP contribution in [0.25, 0.3) is 11.3 Å². The van der Waals surface area contributed by atoms with E-state index >= 15 is 0 Å². The minimum Gasteiger partial charge on any atom is -0.444 e. The van der Waals surface area contributed by atoms with Gasteiger partial charge in [-0.15, -0.1) is 12.4 Å². The van der Waals surface area contributed by atoms with Gasteiger partial charge in [0.05, 0.1) is 12.2 Å². The van der Waals surface area contributed by atoms with E-state index in [1.807, 2.05) is 24.3 Å². The molecule has 0 unspecified atom stereocenters. The zero-order valence-electron chi connectivity index (χ0n) is 11.5. The van der Waals surface area contributed by atoms with Crippen LogP contribution in [0.4, 0.5) is 5.69 Å². The maximum Gasteiger partial charge on any atom is 0.241 e. The van der Waals surface area contributed by atoms with Gasteiger partial charge in [-0.1, -0.05) is 6.42 Å². The second kappa shape index (κ2) is 7.24. The van der Waals surface area contributed by atoms with Crippen LogP contribution >= 0.6 is 12.4 Å². The smallest absolute Gasteiger partial charge is 0.241 e. The third-order valence-corrected chi connectivity index (χ3v) is 3.50. The predicted octanol–water partition coefficient (Wildman–Crippen LogP) is 2.84. The highest BCUT2D eigenvalue weighted by atomic mass is 35.5. The number of piperidine rings is 1. The topological polar surface area (TPSA) is 67.2 Å². The zero-order valence-corrected chi connectivity index (χ0v) is 12.4. The van der Waals surface area contributed by atoms with E-state index < -0.39 is 0 Å². The molecule has 2 heterocycles. The molecule has 0 saturated carbocycles. The monoisotopic (exact) mass is 307 g/mol. The number of rotatable bonds is 3. The molecule has 1 fully saturated rings. The molecule has 0 radical (unpaired) electrons. The lowest BCUT2D eigenvalue weighted by Gasteiger charge is -2.22. The van der Waals surface area contributed by atoms with Gasteiger partial charge in [-0.25, -0.2) is 4.98 Å². The quantitative estimate of drug-likeness (QED) is 0.915. The number of aromatic nitrogens is 1. The number of nitrogens with one attached hydrogen (secondary N) is 2. The van der Waals surface area contributed by atoms with Crippen molar-refractivity contribution >= 4 is 24.0 Å². The molecule has 0 bridgehead atoms.